The van der Waals surface area contributed by atoms with E-state index in [0.717, 1.165) is 28.8 Å². The Bertz CT molecular complexity index is 1040. The maximum atomic E-state index is 12.6. The van der Waals surface area contributed by atoms with Crippen molar-refractivity contribution in [1.82, 2.24) is 0 Å². The summed E-state index contributed by atoms with van der Waals surface area (Å²) in [6.07, 6.45) is 1.01. The van der Waals surface area contributed by atoms with Crippen molar-refractivity contribution in [2.75, 3.05) is 11.4 Å². The minimum Gasteiger partial charge on any atom is -0.426 e. The summed E-state index contributed by atoms with van der Waals surface area (Å²) < 4.78 is 5.57. The Balaban J connectivity index is 1.38. The Morgan fingerprint density at radius 3 is 2.23 bits per heavy atom. The number of anilines is 1. The second kappa shape index (κ2) is 8.54. The van der Waals surface area contributed by atoms with Gasteiger partial charge in [0, 0.05) is 18.7 Å². The molecule has 0 spiro atoms. The van der Waals surface area contributed by atoms with E-state index in [9.17, 15) is 9.59 Å². The van der Waals surface area contributed by atoms with Gasteiger partial charge in [-0.2, -0.15) is 0 Å². The third kappa shape index (κ3) is 4.60. The zero-order valence-corrected chi connectivity index (χ0v) is 17.3. The number of carbonyl (C=O) groups is 2. The molecule has 0 saturated carbocycles. The lowest BCUT2D eigenvalue weighted by molar-refractivity contribution is -0.139. The van der Waals surface area contributed by atoms with Crippen LogP contribution in [0.25, 0.3) is 0 Å². The molecule has 0 N–H and O–H groups in total. The summed E-state index contributed by atoms with van der Waals surface area (Å²) in [6.45, 7) is 4.36. The predicted octanol–water partition coefficient (Wildman–Crippen LogP) is 4.85. The van der Waals surface area contributed by atoms with Crippen molar-refractivity contribution in [3.05, 3.63) is 95.1 Å². The number of amides is 1. The first-order valence-electron chi connectivity index (χ1n) is 10.2. The van der Waals surface area contributed by atoms with Gasteiger partial charge in [-0.3, -0.25) is 9.59 Å². The molecule has 0 unspecified atom stereocenters. The summed E-state index contributed by atoms with van der Waals surface area (Å²) in [5.74, 6) is -0.345. The molecule has 4 heteroatoms. The standard InChI is InChI=1S/C26H25NO3/c1-18-12-19(2)14-23(13-18)27-17-22(16-25(27)28)26(29)30-24-10-8-21(9-11-24)15-20-6-4-3-5-7-20/h3-14,22H,15-17H2,1-2H3/t22-/m0/s1. The lowest BCUT2D eigenvalue weighted by atomic mass is 10.1. The van der Waals surface area contributed by atoms with Crippen LogP contribution in [0.5, 0.6) is 5.75 Å². The van der Waals surface area contributed by atoms with Gasteiger partial charge >= 0.3 is 5.97 Å². The molecule has 1 atom stereocenters. The molecule has 1 aliphatic heterocycles. The zero-order chi connectivity index (χ0) is 21.1. The van der Waals surface area contributed by atoms with Gasteiger partial charge in [-0.25, -0.2) is 0 Å². The van der Waals surface area contributed by atoms with Gasteiger partial charge in [0.05, 0.1) is 5.92 Å². The van der Waals surface area contributed by atoms with E-state index in [1.165, 1.54) is 5.56 Å². The van der Waals surface area contributed by atoms with E-state index in [-0.39, 0.29) is 18.3 Å². The molecule has 3 aromatic carbocycles. The number of aryl methyl sites for hydroxylation is 2. The summed E-state index contributed by atoms with van der Waals surface area (Å²) in [7, 11) is 0. The average Bonchev–Trinajstić information content (AvgIpc) is 3.11. The maximum absolute atomic E-state index is 12.6. The predicted molar refractivity (Wildman–Crippen MR) is 118 cm³/mol. The van der Waals surface area contributed by atoms with Gasteiger partial charge in [-0.05, 0) is 66.8 Å². The van der Waals surface area contributed by atoms with Gasteiger partial charge in [-0.1, -0.05) is 48.5 Å². The highest BCUT2D eigenvalue weighted by atomic mass is 16.5. The highest BCUT2D eigenvalue weighted by Crippen LogP contribution is 2.28. The van der Waals surface area contributed by atoms with Crippen molar-refractivity contribution in [3.8, 4) is 5.75 Å². The molecule has 152 valence electrons. The third-order valence-electron chi connectivity index (χ3n) is 5.37. The van der Waals surface area contributed by atoms with Gasteiger partial charge in [0.1, 0.15) is 5.75 Å². The molecule has 4 rings (SSSR count). The van der Waals surface area contributed by atoms with E-state index in [2.05, 4.69) is 18.2 Å². The highest BCUT2D eigenvalue weighted by Gasteiger charge is 2.36. The first-order chi connectivity index (χ1) is 14.5. The van der Waals surface area contributed by atoms with Crippen LogP contribution < -0.4 is 9.64 Å². The summed E-state index contributed by atoms with van der Waals surface area (Å²) in [5.41, 5.74) is 5.42. The largest absolute Gasteiger partial charge is 0.426 e. The SMILES string of the molecule is Cc1cc(C)cc(N2C[C@@H](C(=O)Oc3ccc(Cc4ccccc4)cc3)CC2=O)c1. The van der Waals surface area contributed by atoms with Crippen LogP contribution in [0.4, 0.5) is 5.69 Å². The molecule has 0 bridgehead atoms. The van der Waals surface area contributed by atoms with Crippen LogP contribution in [0, 0.1) is 19.8 Å². The molecule has 1 fully saturated rings. The fourth-order valence-electron chi connectivity index (χ4n) is 3.93. The summed E-state index contributed by atoms with van der Waals surface area (Å²) >= 11 is 0. The molecule has 0 aromatic heterocycles. The van der Waals surface area contributed by atoms with Crippen molar-refractivity contribution in [3.63, 3.8) is 0 Å². The summed E-state index contributed by atoms with van der Waals surface area (Å²) in [5, 5.41) is 0. The smallest absolute Gasteiger partial charge is 0.316 e. The number of rotatable bonds is 5. The number of nitrogens with zero attached hydrogens (tertiary/aromatic N) is 1. The van der Waals surface area contributed by atoms with Gasteiger partial charge < -0.3 is 9.64 Å². The second-order valence-electron chi connectivity index (χ2n) is 7.98. The molecule has 1 saturated heterocycles. The topological polar surface area (TPSA) is 46.6 Å². The molecule has 1 heterocycles. The first kappa shape index (κ1) is 19.9. The zero-order valence-electron chi connectivity index (χ0n) is 17.3. The van der Waals surface area contributed by atoms with E-state index in [4.69, 9.17) is 4.74 Å². The Morgan fingerprint density at radius 1 is 0.933 bits per heavy atom. The van der Waals surface area contributed by atoms with E-state index in [1.807, 2.05) is 68.4 Å². The molecule has 3 aromatic rings. The molecular formula is C26H25NO3. The van der Waals surface area contributed by atoms with Crippen molar-refractivity contribution < 1.29 is 14.3 Å². The van der Waals surface area contributed by atoms with Crippen molar-refractivity contribution >= 4 is 17.6 Å². The highest BCUT2D eigenvalue weighted by molar-refractivity contribution is 5.99. The number of benzene rings is 3. The summed E-state index contributed by atoms with van der Waals surface area (Å²) in [6, 6.07) is 23.8. The fraction of sp³-hybridized carbons (Fsp3) is 0.231. The normalized spacial score (nSPS) is 16.0. The van der Waals surface area contributed by atoms with E-state index in [1.54, 1.807) is 4.90 Å². The minimum absolute atomic E-state index is 0.0415. The van der Waals surface area contributed by atoms with Gasteiger partial charge in [-0.15, -0.1) is 0 Å². The second-order valence-corrected chi connectivity index (χ2v) is 7.98. The number of hydrogen-bond donors (Lipinski definition) is 0. The Kier molecular flexibility index (Phi) is 5.66. The number of esters is 1. The fourth-order valence-corrected chi connectivity index (χ4v) is 3.93. The Hall–Kier alpha value is -3.40. The number of carbonyl (C=O) groups excluding carboxylic acids is 2. The van der Waals surface area contributed by atoms with Crippen LogP contribution in [0.2, 0.25) is 0 Å². The lowest BCUT2D eigenvalue weighted by Gasteiger charge is -2.18. The molecular weight excluding hydrogens is 374 g/mol. The average molecular weight is 399 g/mol. The third-order valence-corrected chi connectivity index (χ3v) is 5.37. The molecule has 4 nitrogen and oxygen atoms in total. The molecule has 1 aliphatic rings. The Labute approximate surface area is 177 Å². The van der Waals surface area contributed by atoms with E-state index >= 15 is 0 Å². The van der Waals surface area contributed by atoms with Gasteiger partial charge in [0.25, 0.3) is 0 Å². The van der Waals surface area contributed by atoms with Crippen LogP contribution in [-0.2, 0) is 16.0 Å². The van der Waals surface area contributed by atoms with Crippen molar-refractivity contribution in [1.29, 1.82) is 0 Å². The molecule has 0 aliphatic carbocycles. The van der Waals surface area contributed by atoms with Crippen LogP contribution >= 0.6 is 0 Å². The number of ether oxygens (including phenoxy) is 1. The number of hydrogen-bond acceptors (Lipinski definition) is 3. The Morgan fingerprint density at radius 2 is 1.57 bits per heavy atom. The minimum atomic E-state index is -0.456. The van der Waals surface area contributed by atoms with Crippen LogP contribution in [-0.4, -0.2) is 18.4 Å². The van der Waals surface area contributed by atoms with Crippen LogP contribution in [0.1, 0.15) is 28.7 Å². The van der Waals surface area contributed by atoms with E-state index < -0.39 is 5.92 Å². The molecule has 1 amide bonds. The summed E-state index contributed by atoms with van der Waals surface area (Å²) in [4.78, 5) is 26.8. The van der Waals surface area contributed by atoms with Crippen molar-refractivity contribution in [2.45, 2.75) is 26.7 Å². The van der Waals surface area contributed by atoms with Crippen LogP contribution in [0.15, 0.2) is 72.8 Å². The van der Waals surface area contributed by atoms with Gasteiger partial charge in [0.15, 0.2) is 0 Å². The van der Waals surface area contributed by atoms with Gasteiger partial charge in [0.2, 0.25) is 5.91 Å². The first-order valence-corrected chi connectivity index (χ1v) is 10.2. The molecule has 30 heavy (non-hydrogen) atoms. The quantitative estimate of drug-likeness (QED) is 0.455. The van der Waals surface area contributed by atoms with E-state index in [0.29, 0.717) is 12.3 Å². The lowest BCUT2D eigenvalue weighted by Crippen LogP contribution is -2.27. The monoisotopic (exact) mass is 399 g/mol. The maximum Gasteiger partial charge on any atom is 0.316 e. The van der Waals surface area contributed by atoms with Crippen LogP contribution in [0.3, 0.4) is 0 Å². The van der Waals surface area contributed by atoms with Crippen molar-refractivity contribution in [2.24, 2.45) is 5.92 Å². The molecule has 0 radical (unpaired) electrons.